The second-order valence-corrected chi connectivity index (χ2v) is 7.49. The molecule has 114 valence electrons. The van der Waals surface area contributed by atoms with Gasteiger partial charge in [0, 0.05) is 5.41 Å². The molecule has 0 aromatic rings. The van der Waals surface area contributed by atoms with E-state index in [4.69, 9.17) is 0 Å². The van der Waals surface area contributed by atoms with Crippen LogP contribution in [0.5, 0.6) is 0 Å². The van der Waals surface area contributed by atoms with Crippen molar-refractivity contribution in [3.63, 3.8) is 0 Å². The van der Waals surface area contributed by atoms with Crippen LogP contribution in [0.15, 0.2) is 34.9 Å². The Labute approximate surface area is 129 Å². The standard InChI is InChI=1S/C19H24O.CH4/c1-12-3-5-16-15(12)7-8-18-17(16)6-4-13-11-14(20)9-10-19(13,18)2;/h9-11,16-18H,3-8H2,1-2H3;1H4/t16?,17?,18?,19-;/m0./s1. The van der Waals surface area contributed by atoms with Crippen LogP contribution in [0.4, 0.5) is 0 Å². The summed E-state index contributed by atoms with van der Waals surface area (Å²) < 4.78 is 0. The van der Waals surface area contributed by atoms with E-state index < -0.39 is 0 Å². The third-order valence-electron chi connectivity index (χ3n) is 6.70. The summed E-state index contributed by atoms with van der Waals surface area (Å²) in [6.07, 6.45) is 13.8. The van der Waals surface area contributed by atoms with E-state index >= 15 is 0 Å². The SMILES string of the molecule is C.CC1=C2CCC3C(CCC4=CC(=O)C=C[C@@]43C)C2CC1. The number of fused-ring (bicyclic) bond motifs is 5. The molecular weight excluding hydrogens is 256 g/mol. The van der Waals surface area contributed by atoms with Gasteiger partial charge < -0.3 is 0 Å². The van der Waals surface area contributed by atoms with Crippen LogP contribution in [0.2, 0.25) is 0 Å². The molecule has 0 spiro atoms. The van der Waals surface area contributed by atoms with Crippen LogP contribution in [0.3, 0.4) is 0 Å². The fraction of sp³-hybridized carbons (Fsp3) is 0.650. The molecule has 0 aromatic heterocycles. The summed E-state index contributed by atoms with van der Waals surface area (Å²) in [4.78, 5) is 11.7. The topological polar surface area (TPSA) is 17.1 Å². The molecule has 1 heteroatoms. The Morgan fingerprint density at radius 3 is 2.76 bits per heavy atom. The van der Waals surface area contributed by atoms with Crippen molar-refractivity contribution in [1.29, 1.82) is 0 Å². The monoisotopic (exact) mass is 284 g/mol. The zero-order chi connectivity index (χ0) is 13.9. The van der Waals surface area contributed by atoms with Gasteiger partial charge in [-0.25, -0.2) is 0 Å². The van der Waals surface area contributed by atoms with Gasteiger partial charge in [-0.1, -0.05) is 37.1 Å². The van der Waals surface area contributed by atoms with Crippen LogP contribution in [-0.4, -0.2) is 5.78 Å². The maximum Gasteiger partial charge on any atom is 0.178 e. The van der Waals surface area contributed by atoms with E-state index in [1.165, 1.54) is 37.7 Å². The molecule has 4 atom stereocenters. The Morgan fingerprint density at radius 2 is 1.95 bits per heavy atom. The van der Waals surface area contributed by atoms with E-state index in [0.717, 1.165) is 24.2 Å². The van der Waals surface area contributed by atoms with E-state index in [9.17, 15) is 4.79 Å². The van der Waals surface area contributed by atoms with Gasteiger partial charge in [0.25, 0.3) is 0 Å². The minimum absolute atomic E-state index is 0. The molecule has 4 rings (SSSR count). The lowest BCUT2D eigenvalue weighted by Gasteiger charge is -2.52. The molecule has 4 aliphatic carbocycles. The van der Waals surface area contributed by atoms with E-state index in [-0.39, 0.29) is 18.6 Å². The molecule has 0 saturated heterocycles. The summed E-state index contributed by atoms with van der Waals surface area (Å²) in [5.74, 6) is 2.67. The molecule has 0 amide bonds. The fourth-order valence-corrected chi connectivity index (χ4v) is 5.61. The van der Waals surface area contributed by atoms with Crippen molar-refractivity contribution in [2.75, 3.05) is 0 Å². The van der Waals surface area contributed by atoms with Gasteiger partial charge in [-0.2, -0.15) is 0 Å². The van der Waals surface area contributed by atoms with Crippen LogP contribution in [0, 0.1) is 23.2 Å². The number of ketones is 1. The summed E-state index contributed by atoms with van der Waals surface area (Å²) in [5.41, 5.74) is 5.07. The van der Waals surface area contributed by atoms with Gasteiger partial charge in [0.05, 0.1) is 0 Å². The highest BCUT2D eigenvalue weighted by atomic mass is 16.1. The molecule has 2 saturated carbocycles. The maximum absolute atomic E-state index is 11.7. The van der Waals surface area contributed by atoms with Gasteiger partial charge in [-0.05, 0) is 75.4 Å². The Balaban J connectivity index is 0.00000132. The largest absolute Gasteiger partial charge is 0.290 e. The highest BCUT2D eigenvalue weighted by Gasteiger charge is 2.50. The molecule has 0 heterocycles. The fourth-order valence-electron chi connectivity index (χ4n) is 5.61. The first-order chi connectivity index (χ1) is 9.59. The first-order valence-electron chi connectivity index (χ1n) is 8.22. The van der Waals surface area contributed by atoms with E-state index in [1.54, 1.807) is 11.1 Å². The molecule has 0 aromatic carbocycles. The van der Waals surface area contributed by atoms with E-state index in [2.05, 4.69) is 19.9 Å². The Kier molecular flexibility index (Phi) is 3.50. The van der Waals surface area contributed by atoms with Crippen LogP contribution in [-0.2, 0) is 4.79 Å². The number of hydrogen-bond acceptors (Lipinski definition) is 1. The summed E-state index contributed by atoms with van der Waals surface area (Å²) in [5, 5.41) is 0. The second-order valence-electron chi connectivity index (χ2n) is 7.49. The predicted octanol–water partition coefficient (Wildman–Crippen LogP) is 5.24. The number of carbonyl (C=O) groups is 1. The van der Waals surface area contributed by atoms with E-state index in [1.807, 2.05) is 12.2 Å². The first kappa shape index (κ1) is 14.8. The second kappa shape index (κ2) is 4.97. The van der Waals surface area contributed by atoms with Crippen molar-refractivity contribution in [2.24, 2.45) is 23.2 Å². The summed E-state index contributed by atoms with van der Waals surface area (Å²) in [7, 11) is 0. The van der Waals surface area contributed by atoms with Gasteiger partial charge in [-0.15, -0.1) is 0 Å². The molecule has 4 aliphatic rings. The molecule has 0 N–H and O–H groups in total. The van der Waals surface area contributed by atoms with Gasteiger partial charge in [-0.3, -0.25) is 4.79 Å². The lowest BCUT2D eigenvalue weighted by Crippen LogP contribution is -2.44. The summed E-state index contributed by atoms with van der Waals surface area (Å²) in [6, 6.07) is 0. The minimum Gasteiger partial charge on any atom is -0.290 e. The predicted molar refractivity (Wildman–Crippen MR) is 87.9 cm³/mol. The Bertz CT molecular complexity index is 562. The lowest BCUT2D eigenvalue weighted by molar-refractivity contribution is -0.110. The third kappa shape index (κ3) is 2.00. The van der Waals surface area contributed by atoms with Crippen molar-refractivity contribution in [1.82, 2.24) is 0 Å². The number of carbonyl (C=O) groups excluding carboxylic acids is 1. The van der Waals surface area contributed by atoms with E-state index in [0.29, 0.717) is 0 Å². The smallest absolute Gasteiger partial charge is 0.178 e. The molecule has 1 nitrogen and oxygen atoms in total. The molecule has 21 heavy (non-hydrogen) atoms. The average Bonchev–Trinajstić information content (AvgIpc) is 2.82. The highest BCUT2D eigenvalue weighted by molar-refractivity contribution is 6.01. The Hall–Kier alpha value is -1.11. The maximum atomic E-state index is 11.7. The van der Waals surface area contributed by atoms with Gasteiger partial charge in [0.1, 0.15) is 0 Å². The highest BCUT2D eigenvalue weighted by Crippen LogP contribution is 2.60. The van der Waals surface area contributed by atoms with Crippen molar-refractivity contribution in [2.45, 2.75) is 59.8 Å². The van der Waals surface area contributed by atoms with Crippen LogP contribution < -0.4 is 0 Å². The zero-order valence-corrected chi connectivity index (χ0v) is 12.6. The molecule has 2 fully saturated rings. The van der Waals surface area contributed by atoms with Crippen molar-refractivity contribution >= 4 is 5.78 Å². The number of allylic oxidation sites excluding steroid dienone is 6. The number of rotatable bonds is 0. The van der Waals surface area contributed by atoms with Crippen molar-refractivity contribution in [3.8, 4) is 0 Å². The van der Waals surface area contributed by atoms with Crippen LogP contribution in [0.1, 0.15) is 59.8 Å². The van der Waals surface area contributed by atoms with Crippen molar-refractivity contribution in [3.05, 3.63) is 34.9 Å². The van der Waals surface area contributed by atoms with Gasteiger partial charge >= 0.3 is 0 Å². The van der Waals surface area contributed by atoms with Gasteiger partial charge in [0.15, 0.2) is 5.78 Å². The quantitative estimate of drug-likeness (QED) is 0.556. The molecular formula is C20H28O. The molecule has 3 unspecified atom stereocenters. The molecule has 0 radical (unpaired) electrons. The minimum atomic E-state index is 0. The van der Waals surface area contributed by atoms with Gasteiger partial charge in [0.2, 0.25) is 0 Å². The van der Waals surface area contributed by atoms with Crippen molar-refractivity contribution < 1.29 is 4.79 Å². The lowest BCUT2D eigenvalue weighted by atomic mass is 9.52. The third-order valence-corrected chi connectivity index (χ3v) is 6.70. The average molecular weight is 284 g/mol. The molecule has 0 bridgehead atoms. The molecule has 0 aliphatic heterocycles. The zero-order valence-electron chi connectivity index (χ0n) is 12.6. The van der Waals surface area contributed by atoms with Crippen LogP contribution in [0.25, 0.3) is 0 Å². The summed E-state index contributed by atoms with van der Waals surface area (Å²) >= 11 is 0. The van der Waals surface area contributed by atoms with Crippen LogP contribution >= 0.6 is 0 Å². The first-order valence-corrected chi connectivity index (χ1v) is 8.22. The Morgan fingerprint density at radius 1 is 1.14 bits per heavy atom. The normalized spacial score (nSPS) is 41.0. The number of hydrogen-bond donors (Lipinski definition) is 0. The summed E-state index contributed by atoms with van der Waals surface area (Å²) in [6.45, 7) is 4.74.